The van der Waals surface area contributed by atoms with E-state index >= 15 is 0 Å². The Morgan fingerprint density at radius 3 is 2.57 bits per heavy atom. The highest BCUT2D eigenvalue weighted by atomic mass is 35.5. The number of hydrogen-bond acceptors (Lipinski definition) is 6. The minimum Gasteiger partial charge on any atom is -0.506 e. The molecule has 228 valence electrons. The number of piperidine rings is 1. The number of halogens is 1. The summed E-state index contributed by atoms with van der Waals surface area (Å²) in [4.78, 5) is 13.5. The lowest BCUT2D eigenvalue weighted by molar-refractivity contribution is -0.119. The summed E-state index contributed by atoms with van der Waals surface area (Å²) in [5, 5.41) is 32.0. The third kappa shape index (κ3) is 5.37. The first kappa shape index (κ1) is 29.6. The highest BCUT2D eigenvalue weighted by Crippen LogP contribution is 2.68. The van der Waals surface area contributed by atoms with Crippen molar-refractivity contribution in [1.29, 1.82) is 0 Å². The van der Waals surface area contributed by atoms with Crippen LogP contribution in [-0.2, 0) is 11.2 Å². The van der Waals surface area contributed by atoms with Gasteiger partial charge in [-0.3, -0.25) is 4.90 Å². The Labute approximate surface area is 253 Å². The average Bonchev–Trinajstić information content (AvgIpc) is 3.25. The molecule has 1 aliphatic heterocycles. The second kappa shape index (κ2) is 11.9. The zero-order chi connectivity index (χ0) is 29.5. The summed E-state index contributed by atoms with van der Waals surface area (Å²) in [6, 6.07) is 12.3. The number of carbonyl (C=O) groups is 1. The quantitative estimate of drug-likeness (QED) is 0.282. The number of fused-ring (bicyclic) bond motifs is 5. The number of aromatic hydroxyl groups is 1. The van der Waals surface area contributed by atoms with Crippen LogP contribution in [0.5, 0.6) is 11.5 Å². The van der Waals surface area contributed by atoms with Crippen molar-refractivity contribution in [2.75, 3.05) is 32.8 Å². The molecule has 4 aliphatic rings. The number of aliphatic hydroxyl groups is 1. The van der Waals surface area contributed by atoms with Gasteiger partial charge in [0.15, 0.2) is 0 Å². The van der Waals surface area contributed by atoms with E-state index in [2.05, 4.69) is 42.2 Å². The lowest BCUT2D eigenvalue weighted by Gasteiger charge is -2.56. The Kier molecular flexibility index (Phi) is 8.38. The Morgan fingerprint density at radius 1 is 1.07 bits per heavy atom. The monoisotopic (exact) mass is 597 g/mol. The van der Waals surface area contributed by atoms with E-state index in [-0.39, 0.29) is 29.6 Å². The molecule has 3 aliphatic carbocycles. The summed E-state index contributed by atoms with van der Waals surface area (Å²) in [7, 11) is 0. The summed E-state index contributed by atoms with van der Waals surface area (Å²) in [5.74, 6) is 1.98. The van der Waals surface area contributed by atoms with Crippen molar-refractivity contribution in [2.45, 2.75) is 82.1 Å². The van der Waals surface area contributed by atoms with Gasteiger partial charge in [0.05, 0.1) is 17.2 Å². The lowest BCUT2D eigenvalue weighted by atomic mass is 9.49. The summed E-state index contributed by atoms with van der Waals surface area (Å²) in [6.45, 7) is 6.14. The number of likely N-dealkylation sites (tertiary alicyclic amines) is 1. The SMILES string of the molecule is C[C@]12C[C@H](c3ccc(OCCN4CCCCC4)cc3)[C@@H]3c4ccc(O)c(Cl)c4CC[C@H]3[C@@H]1CC[C@@]2(O)CCOC(=O)O. The van der Waals surface area contributed by atoms with E-state index in [4.69, 9.17) is 26.2 Å². The summed E-state index contributed by atoms with van der Waals surface area (Å²) >= 11 is 6.66. The van der Waals surface area contributed by atoms with Crippen LogP contribution in [0.25, 0.3) is 0 Å². The smallest absolute Gasteiger partial charge is 0.505 e. The summed E-state index contributed by atoms with van der Waals surface area (Å²) in [6.07, 6.45) is 6.92. The van der Waals surface area contributed by atoms with Crippen molar-refractivity contribution in [3.8, 4) is 11.5 Å². The van der Waals surface area contributed by atoms with Crippen LogP contribution in [0.15, 0.2) is 36.4 Å². The maximum absolute atomic E-state index is 12.1. The maximum atomic E-state index is 12.1. The minimum atomic E-state index is -1.30. The largest absolute Gasteiger partial charge is 0.506 e. The molecule has 1 heterocycles. The van der Waals surface area contributed by atoms with Gasteiger partial charge in [-0.15, -0.1) is 0 Å². The molecular weight excluding hydrogens is 554 g/mol. The molecule has 0 bridgehead atoms. The molecule has 2 saturated carbocycles. The molecule has 8 heteroatoms. The van der Waals surface area contributed by atoms with E-state index in [1.54, 1.807) is 6.07 Å². The topological polar surface area (TPSA) is 99.5 Å². The number of rotatable bonds is 8. The van der Waals surface area contributed by atoms with Crippen LogP contribution in [0, 0.1) is 17.3 Å². The average molecular weight is 598 g/mol. The Morgan fingerprint density at radius 2 is 1.83 bits per heavy atom. The van der Waals surface area contributed by atoms with Crippen molar-refractivity contribution in [3.63, 3.8) is 0 Å². The van der Waals surface area contributed by atoms with Gasteiger partial charge in [0.25, 0.3) is 0 Å². The van der Waals surface area contributed by atoms with Gasteiger partial charge >= 0.3 is 6.16 Å². The number of phenolic OH excluding ortho intramolecular Hbond substituents is 1. The molecule has 6 atom stereocenters. The van der Waals surface area contributed by atoms with Gasteiger partial charge < -0.3 is 24.8 Å². The van der Waals surface area contributed by atoms with E-state index in [9.17, 15) is 15.0 Å². The fourth-order valence-corrected chi connectivity index (χ4v) is 9.43. The molecular formula is C34H44ClNO6. The Balaban J connectivity index is 1.28. The molecule has 0 radical (unpaired) electrons. The predicted octanol–water partition coefficient (Wildman–Crippen LogP) is 6.98. The number of phenols is 1. The van der Waals surface area contributed by atoms with Crippen LogP contribution in [0.4, 0.5) is 4.79 Å². The number of ether oxygens (including phenoxy) is 2. The zero-order valence-corrected chi connectivity index (χ0v) is 25.3. The van der Waals surface area contributed by atoms with Gasteiger partial charge in [-0.25, -0.2) is 4.79 Å². The molecule has 6 rings (SSSR count). The van der Waals surface area contributed by atoms with E-state index in [1.807, 2.05) is 0 Å². The normalized spacial score (nSPS) is 32.5. The molecule has 0 amide bonds. The molecule has 2 aromatic carbocycles. The molecule has 7 nitrogen and oxygen atoms in total. The van der Waals surface area contributed by atoms with Crippen LogP contribution < -0.4 is 4.74 Å². The van der Waals surface area contributed by atoms with Gasteiger partial charge in [0.1, 0.15) is 18.1 Å². The lowest BCUT2D eigenvalue weighted by Crippen LogP contribution is -2.53. The van der Waals surface area contributed by atoms with Crippen LogP contribution in [0.2, 0.25) is 5.02 Å². The predicted molar refractivity (Wildman–Crippen MR) is 162 cm³/mol. The molecule has 0 aromatic heterocycles. The summed E-state index contributed by atoms with van der Waals surface area (Å²) in [5.41, 5.74) is 2.09. The number of nitrogens with zero attached hydrogens (tertiary/aromatic N) is 1. The second-order valence-corrected chi connectivity index (χ2v) is 13.7. The van der Waals surface area contributed by atoms with Gasteiger partial charge in [-0.2, -0.15) is 0 Å². The first-order valence-corrected chi connectivity index (χ1v) is 16.1. The standard InChI is InChI=1S/C34H44ClNO6/c1-33-21-27(22-5-7-23(8-6-22)41-20-18-36-16-3-2-4-17-36)30-24-11-12-29(37)31(35)25(24)9-10-26(30)28(33)13-14-34(33,40)15-19-42-32(38)39/h5-8,11-12,26-28,30,37,40H,2-4,9-10,13-21H2,1H3,(H,38,39)/t26-,27+,28-,30+,33-,34+/m0/s1. The third-order valence-corrected chi connectivity index (χ3v) is 11.7. The van der Waals surface area contributed by atoms with Crippen molar-refractivity contribution >= 4 is 17.8 Å². The van der Waals surface area contributed by atoms with E-state index in [1.165, 1.54) is 30.4 Å². The van der Waals surface area contributed by atoms with Crippen LogP contribution in [-0.4, -0.2) is 64.8 Å². The van der Waals surface area contributed by atoms with E-state index in [0.29, 0.717) is 36.3 Å². The van der Waals surface area contributed by atoms with Crippen molar-refractivity contribution in [2.24, 2.45) is 17.3 Å². The Bertz CT molecular complexity index is 1280. The van der Waals surface area contributed by atoms with Crippen molar-refractivity contribution in [1.82, 2.24) is 4.90 Å². The highest BCUT2D eigenvalue weighted by molar-refractivity contribution is 6.32. The van der Waals surface area contributed by atoms with Gasteiger partial charge in [0.2, 0.25) is 0 Å². The third-order valence-electron chi connectivity index (χ3n) is 11.3. The van der Waals surface area contributed by atoms with Gasteiger partial charge in [-0.05, 0) is 117 Å². The van der Waals surface area contributed by atoms with Crippen molar-refractivity contribution in [3.05, 3.63) is 58.1 Å². The zero-order valence-electron chi connectivity index (χ0n) is 24.6. The molecule has 1 saturated heterocycles. The maximum Gasteiger partial charge on any atom is 0.505 e. The fraction of sp³-hybridized carbons (Fsp3) is 0.618. The van der Waals surface area contributed by atoms with E-state index in [0.717, 1.165) is 56.6 Å². The number of benzene rings is 2. The van der Waals surface area contributed by atoms with Gasteiger partial charge in [-0.1, -0.05) is 43.1 Å². The summed E-state index contributed by atoms with van der Waals surface area (Å²) < 4.78 is 11.0. The Hall–Kier alpha value is -2.48. The molecule has 2 aromatic rings. The first-order valence-electron chi connectivity index (χ1n) is 15.7. The molecule has 3 N–H and O–H groups in total. The highest BCUT2D eigenvalue weighted by Gasteiger charge is 2.63. The molecule has 0 spiro atoms. The van der Waals surface area contributed by atoms with Crippen LogP contribution in [0.3, 0.4) is 0 Å². The molecule has 3 fully saturated rings. The second-order valence-electron chi connectivity index (χ2n) is 13.3. The van der Waals surface area contributed by atoms with Crippen LogP contribution >= 0.6 is 11.6 Å². The minimum absolute atomic E-state index is 0.00587. The van der Waals surface area contributed by atoms with Crippen molar-refractivity contribution < 1.29 is 29.6 Å². The number of carboxylic acid groups (broad SMARTS) is 1. The molecule has 42 heavy (non-hydrogen) atoms. The van der Waals surface area contributed by atoms with Crippen LogP contribution in [0.1, 0.15) is 86.8 Å². The van der Waals surface area contributed by atoms with E-state index < -0.39 is 11.8 Å². The fourth-order valence-electron chi connectivity index (χ4n) is 9.16. The molecule has 0 unspecified atom stereocenters. The first-order chi connectivity index (χ1) is 20.2. The van der Waals surface area contributed by atoms with Gasteiger partial charge in [0, 0.05) is 18.4 Å². The number of hydrogen-bond donors (Lipinski definition) is 3.